The zero-order valence-corrected chi connectivity index (χ0v) is 19.6. The maximum Gasteiger partial charge on any atom is 0.296 e. The molecule has 3 rings (SSSR count). The van der Waals surface area contributed by atoms with Crippen LogP contribution in [0.1, 0.15) is 0 Å². The molecule has 178 valence electrons. The van der Waals surface area contributed by atoms with Crippen molar-refractivity contribution in [2.24, 2.45) is 20.5 Å². The van der Waals surface area contributed by atoms with Crippen LogP contribution in [0, 0.1) is 0 Å². The van der Waals surface area contributed by atoms with Crippen LogP contribution in [-0.4, -0.2) is 42.2 Å². The Hall–Kier alpha value is -3.51. The van der Waals surface area contributed by atoms with E-state index in [1.807, 2.05) is 0 Å². The number of anilines is 2. The van der Waals surface area contributed by atoms with E-state index in [9.17, 15) is 21.4 Å². The Balaban J connectivity index is 1.93. The van der Waals surface area contributed by atoms with Gasteiger partial charge in [-0.15, -0.1) is 10.2 Å². The summed E-state index contributed by atoms with van der Waals surface area (Å²) in [5, 5.41) is 15.6. The van der Waals surface area contributed by atoms with Crippen LogP contribution in [0.25, 0.3) is 0 Å². The van der Waals surface area contributed by atoms with Crippen molar-refractivity contribution in [1.82, 2.24) is 9.97 Å². The van der Waals surface area contributed by atoms with Gasteiger partial charge in [0.15, 0.2) is 22.5 Å². The van der Waals surface area contributed by atoms with Crippen LogP contribution in [0.4, 0.5) is 34.4 Å². The summed E-state index contributed by atoms with van der Waals surface area (Å²) in [6.45, 7) is 0. The van der Waals surface area contributed by atoms with Gasteiger partial charge in [0.2, 0.25) is 0 Å². The molecule has 14 nitrogen and oxygen atoms in total. The highest BCUT2D eigenvalue weighted by Gasteiger charge is 2.17. The average molecular weight is 525 g/mol. The van der Waals surface area contributed by atoms with Gasteiger partial charge in [-0.05, 0) is 48.7 Å². The van der Waals surface area contributed by atoms with E-state index in [2.05, 4.69) is 30.4 Å². The van der Waals surface area contributed by atoms with Crippen molar-refractivity contribution >= 4 is 66.4 Å². The van der Waals surface area contributed by atoms with E-state index in [0.717, 1.165) is 18.2 Å². The highest BCUT2D eigenvalue weighted by atomic mass is 32.2. The normalized spacial score (nSPS) is 12.6. The Kier molecular flexibility index (Phi) is 7.22. The van der Waals surface area contributed by atoms with Crippen molar-refractivity contribution in [3.63, 3.8) is 0 Å². The molecule has 2 aromatic carbocycles. The molecule has 0 aliphatic rings. The predicted octanol–water partition coefficient (Wildman–Crippen LogP) is 3.69. The summed E-state index contributed by atoms with van der Waals surface area (Å²) < 4.78 is 64.5. The third-order valence-electron chi connectivity index (χ3n) is 3.99. The molecule has 6 N–H and O–H groups in total. The first-order chi connectivity index (χ1) is 15.9. The van der Waals surface area contributed by atoms with Gasteiger partial charge in [0.05, 0.1) is 16.3 Å². The van der Waals surface area contributed by atoms with E-state index in [-0.39, 0.29) is 39.3 Å². The lowest BCUT2D eigenvalue weighted by Gasteiger charge is -2.05. The van der Waals surface area contributed by atoms with Crippen molar-refractivity contribution in [2.45, 2.75) is 14.9 Å². The topological polar surface area (TPSA) is 236 Å². The Bertz CT molecular complexity index is 1480. The summed E-state index contributed by atoms with van der Waals surface area (Å²) in [6.07, 6.45) is 1.72. The lowest BCUT2D eigenvalue weighted by molar-refractivity contribution is 0.481. The van der Waals surface area contributed by atoms with Gasteiger partial charge in [-0.2, -0.15) is 27.1 Å². The summed E-state index contributed by atoms with van der Waals surface area (Å²) in [4.78, 5) is 7.00. The minimum atomic E-state index is -4.74. The molecule has 0 fully saturated rings. The molecular formula is C17H16N8O6S3. The third kappa shape index (κ3) is 6.08. The molecule has 0 saturated carbocycles. The maximum atomic E-state index is 11.9. The molecule has 0 bridgehead atoms. The summed E-state index contributed by atoms with van der Waals surface area (Å²) >= 11 is 1.21. The lowest BCUT2D eigenvalue weighted by Crippen LogP contribution is -2.00. The van der Waals surface area contributed by atoms with Crippen molar-refractivity contribution in [3.8, 4) is 0 Å². The summed E-state index contributed by atoms with van der Waals surface area (Å²) in [5.74, 6) is -0.140. The second-order valence-corrected chi connectivity index (χ2v) is 9.91. The number of nitrogens with zero attached hydrogens (tertiary/aromatic N) is 6. The van der Waals surface area contributed by atoms with E-state index in [1.54, 1.807) is 6.26 Å². The maximum absolute atomic E-state index is 11.9. The Morgan fingerprint density at radius 3 is 1.88 bits per heavy atom. The van der Waals surface area contributed by atoms with Crippen LogP contribution in [0.2, 0.25) is 0 Å². The molecule has 0 aliphatic heterocycles. The minimum Gasteiger partial charge on any atom is -0.382 e. The molecule has 0 aliphatic carbocycles. The lowest BCUT2D eigenvalue weighted by atomic mass is 10.3. The molecular weight excluding hydrogens is 508 g/mol. The second-order valence-electron chi connectivity index (χ2n) is 6.33. The van der Waals surface area contributed by atoms with Crippen molar-refractivity contribution in [3.05, 3.63) is 42.5 Å². The van der Waals surface area contributed by atoms with Gasteiger partial charge in [-0.25, -0.2) is 9.97 Å². The molecule has 34 heavy (non-hydrogen) atoms. The molecule has 1 aromatic heterocycles. The number of azo groups is 2. The summed E-state index contributed by atoms with van der Waals surface area (Å²) in [6, 6.07) is 8.34. The van der Waals surface area contributed by atoms with Crippen molar-refractivity contribution < 1.29 is 25.9 Å². The van der Waals surface area contributed by atoms with E-state index in [0.29, 0.717) is 5.16 Å². The highest BCUT2D eigenvalue weighted by molar-refractivity contribution is 7.98. The van der Waals surface area contributed by atoms with Crippen LogP contribution in [0.5, 0.6) is 0 Å². The quantitative estimate of drug-likeness (QED) is 0.150. The number of rotatable bonds is 7. The fourth-order valence-electron chi connectivity index (χ4n) is 2.42. The molecule has 17 heteroatoms. The molecule has 0 spiro atoms. The van der Waals surface area contributed by atoms with E-state index < -0.39 is 25.1 Å². The van der Waals surface area contributed by atoms with E-state index >= 15 is 0 Å². The molecule has 0 saturated heterocycles. The van der Waals surface area contributed by atoms with Gasteiger partial charge < -0.3 is 11.5 Å². The molecule has 0 unspecified atom stereocenters. The monoisotopic (exact) mass is 524 g/mol. The zero-order valence-electron chi connectivity index (χ0n) is 17.1. The van der Waals surface area contributed by atoms with Crippen LogP contribution in [0.15, 0.2) is 77.9 Å². The van der Waals surface area contributed by atoms with Crippen LogP contribution in [0.3, 0.4) is 0 Å². The Labute approximate surface area is 197 Å². The fourth-order valence-corrected chi connectivity index (χ4v) is 3.92. The average Bonchev–Trinajstić information content (AvgIpc) is 2.76. The van der Waals surface area contributed by atoms with Crippen molar-refractivity contribution in [2.75, 3.05) is 17.7 Å². The molecule has 0 atom stereocenters. The zero-order chi connectivity index (χ0) is 25.1. The van der Waals surface area contributed by atoms with Crippen LogP contribution in [-0.2, 0) is 20.2 Å². The first kappa shape index (κ1) is 25.1. The third-order valence-corrected chi connectivity index (χ3v) is 6.29. The number of hydrogen-bond acceptors (Lipinski definition) is 13. The summed E-state index contributed by atoms with van der Waals surface area (Å²) in [7, 11) is -9.10. The number of aromatic nitrogens is 2. The molecule has 0 amide bonds. The molecule has 0 radical (unpaired) electrons. The summed E-state index contributed by atoms with van der Waals surface area (Å²) in [5.41, 5.74) is 11.5. The number of nitrogens with two attached hydrogens (primary N) is 2. The van der Waals surface area contributed by atoms with Crippen molar-refractivity contribution in [1.29, 1.82) is 0 Å². The minimum absolute atomic E-state index is 0.0251. The second kappa shape index (κ2) is 9.77. The number of thioether (sulfide) groups is 1. The molecule has 1 heterocycles. The van der Waals surface area contributed by atoms with Gasteiger partial charge >= 0.3 is 0 Å². The number of benzene rings is 2. The van der Waals surface area contributed by atoms with Crippen LogP contribution >= 0.6 is 11.8 Å². The standard InChI is InChI=1S/C17H16N8O6S3/c1-32-17-20-15(18)14(16(19)21-17)25-24-12-7-4-10(8-13(12)34(29,30)31)23-22-9-2-5-11(6-3-9)33(26,27)28/h2-8H,1H3,(H,26,27,28)(H,29,30,31)(H4,18,19,20,21)/b23-22+,25-24+. The smallest absolute Gasteiger partial charge is 0.296 e. The fraction of sp³-hybridized carbons (Fsp3) is 0.0588. The van der Waals surface area contributed by atoms with E-state index in [1.165, 1.54) is 36.0 Å². The Morgan fingerprint density at radius 2 is 1.35 bits per heavy atom. The largest absolute Gasteiger partial charge is 0.382 e. The number of hydrogen-bond donors (Lipinski definition) is 4. The van der Waals surface area contributed by atoms with Gasteiger partial charge in [0, 0.05) is 0 Å². The van der Waals surface area contributed by atoms with Gasteiger partial charge in [-0.3, -0.25) is 9.11 Å². The van der Waals surface area contributed by atoms with E-state index in [4.69, 9.17) is 16.0 Å². The van der Waals surface area contributed by atoms with Gasteiger partial charge in [0.1, 0.15) is 10.6 Å². The van der Waals surface area contributed by atoms with Crippen LogP contribution < -0.4 is 11.5 Å². The first-order valence-corrected chi connectivity index (χ1v) is 13.0. The number of nitrogen functional groups attached to an aromatic ring is 2. The first-order valence-electron chi connectivity index (χ1n) is 8.88. The SMILES string of the molecule is CSc1nc(N)c(/N=N/c2ccc(/N=N/c3ccc(S(=O)(=O)O)cc3)cc2S(=O)(=O)O)c(N)n1. The van der Waals surface area contributed by atoms with Gasteiger partial charge in [0.25, 0.3) is 20.2 Å². The highest BCUT2D eigenvalue weighted by Crippen LogP contribution is 2.34. The van der Waals surface area contributed by atoms with Gasteiger partial charge in [-0.1, -0.05) is 11.8 Å². The predicted molar refractivity (Wildman–Crippen MR) is 124 cm³/mol. The Morgan fingerprint density at radius 1 is 0.794 bits per heavy atom. The molecule has 3 aromatic rings.